The second kappa shape index (κ2) is 4.60. The Morgan fingerprint density at radius 1 is 1.46 bits per heavy atom. The van der Waals surface area contributed by atoms with Crippen molar-refractivity contribution in [1.29, 1.82) is 0 Å². The molecule has 0 heterocycles. The van der Waals surface area contributed by atoms with Crippen molar-refractivity contribution < 1.29 is 9.60 Å². The van der Waals surface area contributed by atoms with Crippen LogP contribution in [-0.2, 0) is 0 Å². The normalized spacial score (nSPS) is 14.2. The molecule has 1 atom stereocenters. The van der Waals surface area contributed by atoms with E-state index in [1.807, 2.05) is 6.07 Å². The monoisotopic (exact) mass is 181 g/mol. The first kappa shape index (κ1) is 9.71. The van der Waals surface area contributed by atoms with Crippen molar-refractivity contribution in [3.05, 3.63) is 35.9 Å². The number of hydrogen-bond acceptors (Lipinski definition) is 2. The molecule has 0 aromatic heterocycles. The topological polar surface area (TPSA) is 32.6 Å². The molecule has 0 amide bonds. The number of oxime groups is 1. The summed E-state index contributed by atoms with van der Waals surface area (Å²) in [6, 6.07) is 8.67. The van der Waals surface area contributed by atoms with E-state index in [1.54, 1.807) is 31.2 Å². The van der Waals surface area contributed by atoms with Crippen LogP contribution in [0.1, 0.15) is 25.1 Å². The lowest BCUT2D eigenvalue weighted by molar-refractivity contribution is 0.306. The quantitative estimate of drug-likeness (QED) is 0.434. The number of halogens is 1. The van der Waals surface area contributed by atoms with Crippen molar-refractivity contribution in [1.82, 2.24) is 0 Å². The van der Waals surface area contributed by atoms with Gasteiger partial charge >= 0.3 is 0 Å². The Labute approximate surface area is 76.7 Å². The molecule has 1 aromatic rings. The summed E-state index contributed by atoms with van der Waals surface area (Å²) in [6.07, 6.45) is -0.886. The van der Waals surface area contributed by atoms with Gasteiger partial charge in [0.2, 0.25) is 0 Å². The number of rotatable bonds is 3. The Balaban J connectivity index is 2.85. The molecule has 0 radical (unpaired) electrons. The predicted molar refractivity (Wildman–Crippen MR) is 49.8 cm³/mol. The summed E-state index contributed by atoms with van der Waals surface area (Å²) in [5.41, 5.74) is 0.684. The molecule has 0 spiro atoms. The summed E-state index contributed by atoms with van der Waals surface area (Å²) in [5, 5.41) is 11.4. The molecule has 2 nitrogen and oxygen atoms in total. The Bertz CT molecular complexity index is 284. The molecule has 0 saturated carbocycles. The molecule has 0 aliphatic heterocycles. The highest BCUT2D eigenvalue weighted by atomic mass is 19.1. The predicted octanol–water partition coefficient (Wildman–Crippen LogP) is 2.94. The Hall–Kier alpha value is -1.38. The fraction of sp³-hybridized carbons (Fsp3) is 0.300. The maximum Gasteiger partial charge on any atom is 0.166 e. The zero-order chi connectivity index (χ0) is 9.68. The van der Waals surface area contributed by atoms with Gasteiger partial charge in [0.15, 0.2) is 6.17 Å². The van der Waals surface area contributed by atoms with Crippen LogP contribution in [-0.4, -0.2) is 10.9 Å². The molecule has 0 aliphatic carbocycles. The first-order valence-corrected chi connectivity index (χ1v) is 4.19. The van der Waals surface area contributed by atoms with E-state index < -0.39 is 6.17 Å². The van der Waals surface area contributed by atoms with Crippen molar-refractivity contribution in [3.8, 4) is 0 Å². The maximum atomic E-state index is 13.5. The van der Waals surface area contributed by atoms with Gasteiger partial charge in [-0.1, -0.05) is 42.4 Å². The molecule has 1 unspecified atom stereocenters. The lowest BCUT2D eigenvalue weighted by atomic mass is 10.1. The summed E-state index contributed by atoms with van der Waals surface area (Å²) >= 11 is 0. The van der Waals surface area contributed by atoms with E-state index in [1.165, 1.54) is 0 Å². The van der Waals surface area contributed by atoms with Gasteiger partial charge in [0, 0.05) is 0 Å². The molecule has 1 aromatic carbocycles. The van der Waals surface area contributed by atoms with E-state index in [2.05, 4.69) is 5.16 Å². The van der Waals surface area contributed by atoms with Gasteiger partial charge in [0.1, 0.15) is 0 Å². The Morgan fingerprint density at radius 2 is 2.08 bits per heavy atom. The van der Waals surface area contributed by atoms with Gasteiger partial charge in [-0.25, -0.2) is 4.39 Å². The minimum atomic E-state index is -1.30. The van der Waals surface area contributed by atoms with Crippen LogP contribution in [0.4, 0.5) is 4.39 Å². The molecule has 70 valence electrons. The molecule has 3 heteroatoms. The first-order valence-electron chi connectivity index (χ1n) is 4.19. The van der Waals surface area contributed by atoms with Gasteiger partial charge in [-0.3, -0.25) is 0 Å². The van der Waals surface area contributed by atoms with Crippen LogP contribution in [0.25, 0.3) is 0 Å². The second-order valence-electron chi connectivity index (χ2n) is 2.72. The minimum Gasteiger partial charge on any atom is -0.411 e. The highest BCUT2D eigenvalue weighted by molar-refractivity contribution is 5.88. The zero-order valence-electron chi connectivity index (χ0n) is 7.44. The fourth-order valence-corrected chi connectivity index (χ4v) is 1.12. The fourth-order valence-electron chi connectivity index (χ4n) is 1.12. The van der Waals surface area contributed by atoms with Crippen molar-refractivity contribution in [2.24, 2.45) is 5.16 Å². The average Bonchev–Trinajstić information content (AvgIpc) is 2.21. The largest absolute Gasteiger partial charge is 0.411 e. The van der Waals surface area contributed by atoms with E-state index in [9.17, 15) is 4.39 Å². The third kappa shape index (κ3) is 2.28. The smallest absolute Gasteiger partial charge is 0.166 e. The third-order valence-corrected chi connectivity index (χ3v) is 1.88. The number of nitrogens with zero attached hydrogens (tertiary/aromatic N) is 1. The van der Waals surface area contributed by atoms with E-state index in [0.29, 0.717) is 12.0 Å². The SMILES string of the molecule is CCC(=NO)C(F)c1ccccc1. The summed E-state index contributed by atoms with van der Waals surface area (Å²) < 4.78 is 13.5. The molecular weight excluding hydrogens is 169 g/mol. The van der Waals surface area contributed by atoms with E-state index in [-0.39, 0.29) is 5.71 Å². The number of alkyl halides is 1. The van der Waals surface area contributed by atoms with Crippen LogP contribution in [0.2, 0.25) is 0 Å². The number of benzene rings is 1. The first-order chi connectivity index (χ1) is 6.29. The maximum absolute atomic E-state index is 13.5. The van der Waals surface area contributed by atoms with Crippen molar-refractivity contribution in [3.63, 3.8) is 0 Å². The molecule has 1 rings (SSSR count). The van der Waals surface area contributed by atoms with Gasteiger partial charge < -0.3 is 5.21 Å². The van der Waals surface area contributed by atoms with Crippen molar-refractivity contribution in [2.75, 3.05) is 0 Å². The van der Waals surface area contributed by atoms with Gasteiger partial charge in [-0.15, -0.1) is 0 Å². The molecule has 0 aliphatic rings. The highest BCUT2D eigenvalue weighted by Crippen LogP contribution is 2.19. The Kier molecular flexibility index (Phi) is 3.43. The lowest BCUT2D eigenvalue weighted by Crippen LogP contribution is -2.06. The molecular formula is C10H12FNO. The van der Waals surface area contributed by atoms with E-state index in [0.717, 1.165) is 0 Å². The summed E-state index contributed by atoms with van der Waals surface area (Å²) in [5.74, 6) is 0. The molecule has 13 heavy (non-hydrogen) atoms. The molecule has 1 N–H and O–H groups in total. The third-order valence-electron chi connectivity index (χ3n) is 1.88. The number of hydrogen-bond donors (Lipinski definition) is 1. The average molecular weight is 181 g/mol. The van der Waals surface area contributed by atoms with Crippen LogP contribution >= 0.6 is 0 Å². The van der Waals surface area contributed by atoms with Crippen LogP contribution in [0.3, 0.4) is 0 Å². The molecule has 0 bridgehead atoms. The standard InChI is InChI=1S/C10H12FNO/c1-2-9(12-13)10(11)8-6-4-3-5-7-8/h3-7,10,13H,2H2,1H3. The van der Waals surface area contributed by atoms with E-state index in [4.69, 9.17) is 5.21 Å². The van der Waals surface area contributed by atoms with Gasteiger partial charge in [0.05, 0.1) is 5.71 Å². The van der Waals surface area contributed by atoms with Crippen molar-refractivity contribution >= 4 is 5.71 Å². The summed E-state index contributed by atoms with van der Waals surface area (Å²) in [4.78, 5) is 0. The van der Waals surface area contributed by atoms with Crippen LogP contribution in [0.15, 0.2) is 35.5 Å². The van der Waals surface area contributed by atoms with Crippen LogP contribution in [0.5, 0.6) is 0 Å². The minimum absolute atomic E-state index is 0.159. The van der Waals surface area contributed by atoms with E-state index >= 15 is 0 Å². The van der Waals surface area contributed by atoms with Gasteiger partial charge in [-0.05, 0) is 12.0 Å². The summed E-state index contributed by atoms with van der Waals surface area (Å²) in [6.45, 7) is 1.75. The van der Waals surface area contributed by atoms with Gasteiger partial charge in [0.25, 0.3) is 0 Å². The second-order valence-corrected chi connectivity index (χ2v) is 2.72. The van der Waals surface area contributed by atoms with Gasteiger partial charge in [-0.2, -0.15) is 0 Å². The molecule has 0 saturated heterocycles. The molecule has 0 fully saturated rings. The van der Waals surface area contributed by atoms with Crippen LogP contribution in [0, 0.1) is 0 Å². The zero-order valence-corrected chi connectivity index (χ0v) is 7.44. The highest BCUT2D eigenvalue weighted by Gasteiger charge is 2.15. The Morgan fingerprint density at radius 3 is 2.54 bits per heavy atom. The van der Waals surface area contributed by atoms with Crippen molar-refractivity contribution in [2.45, 2.75) is 19.5 Å². The van der Waals surface area contributed by atoms with Crippen LogP contribution < -0.4 is 0 Å². The lowest BCUT2D eigenvalue weighted by Gasteiger charge is -2.07. The summed E-state index contributed by atoms with van der Waals surface area (Å²) in [7, 11) is 0.